The van der Waals surface area contributed by atoms with Gasteiger partial charge in [0, 0.05) is 37.4 Å². The Morgan fingerprint density at radius 1 is 0.889 bits per heavy atom. The quantitative estimate of drug-likeness (QED) is 0.541. The van der Waals surface area contributed by atoms with Crippen molar-refractivity contribution in [2.75, 3.05) is 38.5 Å². The van der Waals surface area contributed by atoms with Gasteiger partial charge in [-0.2, -0.15) is 0 Å². The number of aliphatic imine (C=N–C) groups is 1. The van der Waals surface area contributed by atoms with Crippen molar-refractivity contribution in [3.05, 3.63) is 95.1 Å². The highest BCUT2D eigenvalue weighted by molar-refractivity contribution is 6.24. The number of nitrogens with zero attached hydrogens (tertiary/aromatic N) is 3. The fourth-order valence-corrected chi connectivity index (χ4v) is 4.58. The van der Waals surface area contributed by atoms with Gasteiger partial charge in [-0.25, -0.2) is 4.79 Å². The molecule has 3 aromatic rings. The van der Waals surface area contributed by atoms with Gasteiger partial charge in [0.1, 0.15) is 5.92 Å². The highest BCUT2D eigenvalue weighted by atomic mass is 16.4. The normalized spacial score (nSPS) is 18.0. The number of carboxylic acid groups (broad SMARTS) is 1. The Bertz CT molecular complexity index is 1340. The van der Waals surface area contributed by atoms with Gasteiger partial charge in [-0.05, 0) is 54.6 Å². The van der Waals surface area contributed by atoms with E-state index in [2.05, 4.69) is 10.2 Å². The molecule has 0 bridgehead atoms. The summed E-state index contributed by atoms with van der Waals surface area (Å²) in [6.45, 7) is 3.11. The molecule has 0 aliphatic carbocycles. The molecular weight excluding hydrogens is 456 g/mol. The lowest BCUT2D eigenvalue weighted by Gasteiger charge is -2.32. The van der Waals surface area contributed by atoms with Crippen LogP contribution in [0.15, 0.2) is 77.8 Å². The van der Waals surface area contributed by atoms with Gasteiger partial charge in [-0.3, -0.25) is 14.6 Å². The summed E-state index contributed by atoms with van der Waals surface area (Å²) in [7, 11) is 2.05. The minimum atomic E-state index is -1.06. The first-order chi connectivity index (χ1) is 17.4. The third-order valence-electron chi connectivity index (χ3n) is 6.63. The third kappa shape index (κ3) is 4.63. The van der Waals surface area contributed by atoms with E-state index in [0.717, 1.165) is 18.7 Å². The molecule has 0 aromatic heterocycles. The molecule has 1 atom stereocenters. The van der Waals surface area contributed by atoms with Crippen LogP contribution in [-0.4, -0.2) is 71.6 Å². The maximum atomic E-state index is 13.1. The number of amides is 2. The third-order valence-corrected chi connectivity index (χ3v) is 6.63. The number of likely N-dealkylation sites (N-methyl/N-ethyl adjacent to an activating group) is 1. The van der Waals surface area contributed by atoms with Crippen LogP contribution in [0.5, 0.6) is 0 Å². The first kappa shape index (κ1) is 23.4. The van der Waals surface area contributed by atoms with Crippen LogP contribution in [0.3, 0.4) is 0 Å². The zero-order valence-electron chi connectivity index (χ0n) is 19.8. The zero-order chi connectivity index (χ0) is 25.2. The lowest BCUT2D eigenvalue weighted by atomic mass is 9.90. The van der Waals surface area contributed by atoms with Crippen molar-refractivity contribution in [3.63, 3.8) is 0 Å². The second kappa shape index (κ2) is 9.75. The number of hydrogen-bond donors (Lipinski definition) is 2. The Hall–Kier alpha value is -4.30. The fraction of sp³-hybridized carbons (Fsp3) is 0.214. The second-order valence-corrected chi connectivity index (χ2v) is 9.03. The van der Waals surface area contributed by atoms with Crippen molar-refractivity contribution >= 4 is 34.9 Å². The largest absolute Gasteiger partial charge is 0.478 e. The molecular formula is C28H26N4O4. The molecule has 0 radical (unpaired) electrons. The molecule has 1 unspecified atom stereocenters. The highest BCUT2D eigenvalue weighted by Gasteiger charge is 2.36. The van der Waals surface area contributed by atoms with Crippen LogP contribution < -0.4 is 5.32 Å². The van der Waals surface area contributed by atoms with Crippen molar-refractivity contribution in [1.29, 1.82) is 0 Å². The minimum Gasteiger partial charge on any atom is -0.478 e. The SMILES string of the molecule is CN1CCN(C(=O)c2ccc(N=C(c3ccccc3)C3C(=O)Nc4cc(C(=O)O)ccc43)cc2)CC1. The Morgan fingerprint density at radius 2 is 1.56 bits per heavy atom. The maximum absolute atomic E-state index is 13.1. The molecule has 2 N–H and O–H groups in total. The van der Waals surface area contributed by atoms with Gasteiger partial charge in [0.2, 0.25) is 5.91 Å². The van der Waals surface area contributed by atoms with Crippen LogP contribution in [0.1, 0.15) is 37.8 Å². The van der Waals surface area contributed by atoms with Gasteiger partial charge < -0.3 is 20.2 Å². The van der Waals surface area contributed by atoms with Gasteiger partial charge >= 0.3 is 5.97 Å². The van der Waals surface area contributed by atoms with Crippen LogP contribution in [0, 0.1) is 0 Å². The van der Waals surface area contributed by atoms with E-state index in [-0.39, 0.29) is 17.4 Å². The molecule has 1 fully saturated rings. The van der Waals surface area contributed by atoms with Gasteiger partial charge in [0.25, 0.3) is 5.91 Å². The maximum Gasteiger partial charge on any atom is 0.335 e. The summed E-state index contributed by atoms with van der Waals surface area (Å²) in [5.74, 6) is -2.02. The lowest BCUT2D eigenvalue weighted by molar-refractivity contribution is -0.115. The number of carbonyl (C=O) groups excluding carboxylic acids is 2. The molecule has 5 rings (SSSR count). The van der Waals surface area contributed by atoms with Crippen LogP contribution in [0.4, 0.5) is 11.4 Å². The molecule has 2 aliphatic rings. The number of fused-ring (bicyclic) bond motifs is 1. The molecule has 182 valence electrons. The van der Waals surface area contributed by atoms with Crippen LogP contribution >= 0.6 is 0 Å². The summed E-state index contributed by atoms with van der Waals surface area (Å²) in [5.41, 5.74) is 3.81. The number of benzene rings is 3. The van der Waals surface area contributed by atoms with Crippen molar-refractivity contribution in [1.82, 2.24) is 9.80 Å². The fourth-order valence-electron chi connectivity index (χ4n) is 4.58. The van der Waals surface area contributed by atoms with Gasteiger partial charge in [-0.1, -0.05) is 36.4 Å². The van der Waals surface area contributed by atoms with Gasteiger partial charge in [-0.15, -0.1) is 0 Å². The van der Waals surface area contributed by atoms with Crippen LogP contribution in [0.2, 0.25) is 0 Å². The predicted molar refractivity (Wildman–Crippen MR) is 137 cm³/mol. The molecule has 2 aliphatic heterocycles. The average molecular weight is 483 g/mol. The molecule has 36 heavy (non-hydrogen) atoms. The van der Waals surface area contributed by atoms with E-state index < -0.39 is 11.9 Å². The number of nitrogens with one attached hydrogen (secondary N) is 1. The van der Waals surface area contributed by atoms with E-state index in [4.69, 9.17) is 4.99 Å². The van der Waals surface area contributed by atoms with Crippen LogP contribution in [0.25, 0.3) is 0 Å². The second-order valence-electron chi connectivity index (χ2n) is 9.03. The number of aromatic carboxylic acids is 1. The van der Waals surface area contributed by atoms with Crippen LogP contribution in [-0.2, 0) is 4.79 Å². The number of carbonyl (C=O) groups is 3. The highest BCUT2D eigenvalue weighted by Crippen LogP contribution is 2.37. The summed E-state index contributed by atoms with van der Waals surface area (Å²) in [6.07, 6.45) is 0. The van der Waals surface area contributed by atoms with Crippen molar-refractivity contribution in [2.24, 2.45) is 4.99 Å². The topological polar surface area (TPSA) is 102 Å². The number of piperazine rings is 1. The zero-order valence-corrected chi connectivity index (χ0v) is 19.8. The predicted octanol–water partition coefficient (Wildman–Crippen LogP) is 3.63. The van der Waals surface area contributed by atoms with E-state index in [0.29, 0.717) is 41.3 Å². The molecule has 2 heterocycles. The van der Waals surface area contributed by atoms with Gasteiger partial charge in [0.15, 0.2) is 0 Å². The number of carboxylic acids is 1. The van der Waals surface area contributed by atoms with E-state index in [1.54, 1.807) is 30.3 Å². The van der Waals surface area contributed by atoms with E-state index >= 15 is 0 Å². The number of anilines is 1. The molecule has 3 aromatic carbocycles. The van der Waals surface area contributed by atoms with E-state index in [1.165, 1.54) is 12.1 Å². The minimum absolute atomic E-state index is 0.000227. The monoisotopic (exact) mass is 482 g/mol. The summed E-state index contributed by atoms with van der Waals surface area (Å²) in [6, 6.07) is 21.2. The average Bonchev–Trinajstić information content (AvgIpc) is 3.23. The molecule has 0 spiro atoms. The molecule has 8 heteroatoms. The standard InChI is InChI=1S/C28H26N4O4/c1-31-13-15-32(16-14-31)27(34)19-7-10-21(11-8-19)29-25(18-5-3-2-4-6-18)24-22-12-9-20(28(35)36)17-23(22)30-26(24)33/h2-12,17,24H,13-16H2,1H3,(H,30,33)(H,35,36). The smallest absolute Gasteiger partial charge is 0.335 e. The summed E-state index contributed by atoms with van der Waals surface area (Å²) in [4.78, 5) is 46.3. The molecule has 0 saturated carbocycles. The summed E-state index contributed by atoms with van der Waals surface area (Å²) in [5, 5.41) is 12.1. The first-order valence-electron chi connectivity index (χ1n) is 11.8. The summed E-state index contributed by atoms with van der Waals surface area (Å²) >= 11 is 0. The number of hydrogen-bond acceptors (Lipinski definition) is 5. The molecule has 2 amide bonds. The van der Waals surface area contributed by atoms with Crippen molar-refractivity contribution in [2.45, 2.75) is 5.92 Å². The van der Waals surface area contributed by atoms with E-state index in [9.17, 15) is 19.5 Å². The Kier molecular flexibility index (Phi) is 6.35. The molecule has 1 saturated heterocycles. The Balaban J connectivity index is 1.48. The van der Waals surface area contributed by atoms with Crippen molar-refractivity contribution < 1.29 is 19.5 Å². The number of rotatable bonds is 5. The van der Waals surface area contributed by atoms with Crippen molar-refractivity contribution in [3.8, 4) is 0 Å². The lowest BCUT2D eigenvalue weighted by Crippen LogP contribution is -2.47. The first-order valence-corrected chi connectivity index (χ1v) is 11.8. The Labute approximate surface area is 208 Å². The Morgan fingerprint density at radius 3 is 2.22 bits per heavy atom. The van der Waals surface area contributed by atoms with Gasteiger partial charge in [0.05, 0.1) is 17.0 Å². The molecule has 8 nitrogen and oxygen atoms in total. The van der Waals surface area contributed by atoms with E-state index in [1.807, 2.05) is 42.3 Å². The summed E-state index contributed by atoms with van der Waals surface area (Å²) < 4.78 is 0.